The van der Waals surface area contributed by atoms with Gasteiger partial charge in [-0.05, 0) is 12.0 Å². The van der Waals surface area contributed by atoms with Crippen molar-refractivity contribution in [1.82, 2.24) is 0 Å². The molecule has 0 spiro atoms. The van der Waals surface area contributed by atoms with E-state index in [0.717, 1.165) is 6.42 Å². The summed E-state index contributed by atoms with van der Waals surface area (Å²) in [4.78, 5) is 10.8. The molecule has 0 bridgehead atoms. The Hall–Kier alpha value is -1.35. The van der Waals surface area contributed by atoms with E-state index in [1.807, 2.05) is 5.32 Å². The molecule has 1 amide bonds. The van der Waals surface area contributed by atoms with Gasteiger partial charge in [-0.3, -0.25) is 4.79 Å². The van der Waals surface area contributed by atoms with Gasteiger partial charge in [-0.25, -0.2) is 0 Å². The van der Waals surface area contributed by atoms with E-state index < -0.39 is 0 Å². The van der Waals surface area contributed by atoms with Crippen molar-refractivity contribution in [1.29, 1.82) is 0 Å². The van der Waals surface area contributed by atoms with Gasteiger partial charge in [0.1, 0.15) is 6.04 Å². The first-order valence-corrected chi connectivity index (χ1v) is 6.25. The third-order valence-electron chi connectivity index (χ3n) is 3.06. The zero-order chi connectivity index (χ0) is 12.8. The number of aryl methyl sites for hydroxylation is 1. The van der Waals surface area contributed by atoms with Crippen molar-refractivity contribution in [2.45, 2.75) is 33.2 Å². The van der Waals surface area contributed by atoms with Crippen molar-refractivity contribution in [3.63, 3.8) is 0 Å². The van der Waals surface area contributed by atoms with Crippen LogP contribution in [0.5, 0.6) is 0 Å². The third kappa shape index (κ3) is 4.19. The first-order valence-electron chi connectivity index (χ1n) is 6.25. The lowest BCUT2D eigenvalue weighted by Gasteiger charge is -2.19. The minimum atomic E-state index is -0.263. The average molecular weight is 235 g/mol. The molecule has 0 saturated heterocycles. The second-order valence-corrected chi connectivity index (χ2v) is 4.77. The molecule has 94 valence electrons. The molecule has 1 rings (SSSR count). The Balaban J connectivity index is 2.78. The molecule has 0 aromatic heterocycles. The highest BCUT2D eigenvalue weighted by Gasteiger charge is 2.19. The Labute approximate surface area is 103 Å². The highest BCUT2D eigenvalue weighted by molar-refractivity contribution is 5.74. The summed E-state index contributed by atoms with van der Waals surface area (Å²) in [6.45, 7) is 6.82. The lowest BCUT2D eigenvalue weighted by atomic mass is 9.95. The summed E-state index contributed by atoms with van der Waals surface area (Å²) in [6.07, 6.45) is 1.05. The predicted octanol–water partition coefficient (Wildman–Crippen LogP) is 0.995. The van der Waals surface area contributed by atoms with Gasteiger partial charge in [0.05, 0.1) is 0 Å². The summed E-state index contributed by atoms with van der Waals surface area (Å²) >= 11 is 0. The second-order valence-electron chi connectivity index (χ2n) is 4.77. The molecule has 1 aromatic rings. The van der Waals surface area contributed by atoms with Crippen LogP contribution in [0.4, 0.5) is 0 Å². The maximum Gasteiger partial charge on any atom is 0.272 e. The molecule has 0 fully saturated rings. The van der Waals surface area contributed by atoms with Gasteiger partial charge in [0.15, 0.2) is 6.54 Å². The number of carbonyl (C=O) groups is 1. The molecule has 0 aliphatic heterocycles. The van der Waals surface area contributed by atoms with Crippen molar-refractivity contribution >= 4 is 5.91 Å². The molecule has 0 aliphatic rings. The summed E-state index contributed by atoms with van der Waals surface area (Å²) in [5, 5.41) is 2.02. The largest absolute Gasteiger partial charge is 0.365 e. The zero-order valence-electron chi connectivity index (χ0n) is 10.9. The maximum atomic E-state index is 10.8. The molecule has 4 N–H and O–H groups in total. The normalized spacial score (nSPS) is 12.7. The van der Waals surface area contributed by atoms with Gasteiger partial charge in [0.2, 0.25) is 0 Å². The van der Waals surface area contributed by atoms with E-state index in [1.54, 1.807) is 0 Å². The van der Waals surface area contributed by atoms with Crippen molar-refractivity contribution in [3.05, 3.63) is 35.4 Å². The molecular formula is C14H23N2O+. The van der Waals surface area contributed by atoms with Crippen LogP contribution in [-0.4, -0.2) is 12.5 Å². The topological polar surface area (TPSA) is 59.7 Å². The van der Waals surface area contributed by atoms with Crippen molar-refractivity contribution in [2.75, 3.05) is 6.54 Å². The third-order valence-corrected chi connectivity index (χ3v) is 3.06. The molecule has 0 unspecified atom stereocenters. The minimum absolute atomic E-state index is 0.263. The lowest BCUT2D eigenvalue weighted by Crippen LogP contribution is -2.88. The van der Waals surface area contributed by atoms with Crippen LogP contribution >= 0.6 is 0 Å². The molecule has 0 saturated carbocycles. The molecular weight excluding hydrogens is 212 g/mol. The smallest absolute Gasteiger partial charge is 0.272 e. The Morgan fingerprint density at radius 2 is 1.88 bits per heavy atom. The first-order chi connectivity index (χ1) is 8.04. The average Bonchev–Trinajstić information content (AvgIpc) is 2.29. The van der Waals surface area contributed by atoms with Crippen molar-refractivity contribution in [3.8, 4) is 0 Å². The van der Waals surface area contributed by atoms with Crippen LogP contribution < -0.4 is 11.1 Å². The summed E-state index contributed by atoms with van der Waals surface area (Å²) < 4.78 is 0. The lowest BCUT2D eigenvalue weighted by molar-refractivity contribution is -0.692. The number of quaternary nitrogens is 1. The zero-order valence-corrected chi connectivity index (χ0v) is 10.9. The number of amides is 1. The number of benzene rings is 1. The maximum absolute atomic E-state index is 10.8. The Morgan fingerprint density at radius 1 is 1.29 bits per heavy atom. The minimum Gasteiger partial charge on any atom is -0.365 e. The standard InChI is InChI=1S/C14H22N2O/c1-4-11-5-7-12(8-6-11)14(10(2)3)16-9-13(15)17/h5-8,10,14,16H,4,9H2,1-3H3,(H2,15,17)/p+1/t14-/m0/s1. The van der Waals surface area contributed by atoms with Crippen LogP contribution in [0.3, 0.4) is 0 Å². The van der Waals surface area contributed by atoms with Gasteiger partial charge < -0.3 is 11.1 Å². The van der Waals surface area contributed by atoms with Crippen LogP contribution in [-0.2, 0) is 11.2 Å². The quantitative estimate of drug-likeness (QED) is 0.759. The van der Waals surface area contributed by atoms with Gasteiger partial charge in [-0.2, -0.15) is 0 Å². The number of hydrogen-bond donors (Lipinski definition) is 2. The van der Waals surface area contributed by atoms with Gasteiger partial charge >= 0.3 is 0 Å². The summed E-state index contributed by atoms with van der Waals surface area (Å²) in [5.74, 6) is 0.211. The SMILES string of the molecule is CCc1ccc([C@@H]([NH2+]CC(N)=O)C(C)C)cc1. The van der Waals surface area contributed by atoms with Gasteiger partial charge in [-0.15, -0.1) is 0 Å². The van der Waals surface area contributed by atoms with Gasteiger partial charge in [0.25, 0.3) is 5.91 Å². The van der Waals surface area contributed by atoms with E-state index in [0.29, 0.717) is 18.5 Å². The van der Waals surface area contributed by atoms with E-state index in [4.69, 9.17) is 5.73 Å². The van der Waals surface area contributed by atoms with Crippen molar-refractivity contribution < 1.29 is 10.1 Å². The van der Waals surface area contributed by atoms with E-state index in [2.05, 4.69) is 45.0 Å². The van der Waals surface area contributed by atoms with E-state index in [-0.39, 0.29) is 5.91 Å². The molecule has 1 atom stereocenters. The van der Waals surface area contributed by atoms with E-state index in [9.17, 15) is 4.79 Å². The molecule has 3 heteroatoms. The summed E-state index contributed by atoms with van der Waals surface area (Å²) in [7, 11) is 0. The molecule has 3 nitrogen and oxygen atoms in total. The predicted molar refractivity (Wildman–Crippen MR) is 69.4 cm³/mol. The van der Waals surface area contributed by atoms with Crippen LogP contribution in [0.2, 0.25) is 0 Å². The molecule has 0 radical (unpaired) electrons. The summed E-state index contributed by atoms with van der Waals surface area (Å²) in [6, 6.07) is 8.92. The Morgan fingerprint density at radius 3 is 2.29 bits per heavy atom. The number of hydrogen-bond acceptors (Lipinski definition) is 1. The van der Waals surface area contributed by atoms with Crippen molar-refractivity contribution in [2.24, 2.45) is 11.7 Å². The van der Waals surface area contributed by atoms with Gasteiger partial charge in [-0.1, -0.05) is 45.0 Å². The molecule has 0 heterocycles. The monoisotopic (exact) mass is 235 g/mol. The Bertz CT molecular complexity index is 357. The number of primary amides is 1. The van der Waals surface area contributed by atoms with Gasteiger partial charge in [0, 0.05) is 11.5 Å². The fraction of sp³-hybridized carbons (Fsp3) is 0.500. The molecule has 1 aromatic carbocycles. The van der Waals surface area contributed by atoms with Crippen LogP contribution in [0.1, 0.15) is 37.9 Å². The molecule has 0 aliphatic carbocycles. The van der Waals surface area contributed by atoms with E-state index >= 15 is 0 Å². The summed E-state index contributed by atoms with van der Waals surface area (Å²) in [5.41, 5.74) is 7.80. The van der Waals surface area contributed by atoms with E-state index in [1.165, 1.54) is 11.1 Å². The number of rotatable bonds is 6. The van der Waals surface area contributed by atoms with Crippen LogP contribution in [0.15, 0.2) is 24.3 Å². The Kier molecular flexibility index (Phi) is 5.16. The van der Waals surface area contributed by atoms with Crippen LogP contribution in [0, 0.1) is 5.92 Å². The second kappa shape index (κ2) is 6.40. The fourth-order valence-electron chi connectivity index (χ4n) is 2.01. The fourth-order valence-corrected chi connectivity index (χ4v) is 2.01. The number of nitrogens with two attached hydrogens (primary N) is 2. The first kappa shape index (κ1) is 13.7. The highest BCUT2D eigenvalue weighted by Crippen LogP contribution is 2.18. The number of carbonyl (C=O) groups excluding carboxylic acids is 1. The molecule has 17 heavy (non-hydrogen) atoms. The highest BCUT2D eigenvalue weighted by atomic mass is 16.1. The van der Waals surface area contributed by atoms with Crippen LogP contribution in [0.25, 0.3) is 0 Å².